The molecule has 0 heterocycles. The molecule has 0 spiro atoms. The van der Waals surface area contributed by atoms with Gasteiger partial charge in [0, 0.05) is 0 Å². The van der Waals surface area contributed by atoms with Crippen LogP contribution >= 0.6 is 0 Å². The molecule has 0 amide bonds. The molecule has 0 atom stereocenters. The molecule has 0 unspecified atom stereocenters. The Morgan fingerprint density at radius 3 is 1.68 bits per heavy atom. The van der Waals surface area contributed by atoms with Gasteiger partial charge >= 0.3 is 5.97 Å². The van der Waals surface area contributed by atoms with Crippen LogP contribution in [0.15, 0.2) is 48.5 Å². The van der Waals surface area contributed by atoms with E-state index < -0.39 is 5.97 Å². The predicted molar refractivity (Wildman–Crippen MR) is 99.9 cm³/mol. The van der Waals surface area contributed by atoms with Gasteiger partial charge in [-0.05, 0) is 69.2 Å². The monoisotopic (exact) mass is 340 g/mol. The fraction of sp³-hybridized carbons (Fsp3) is 0.286. The van der Waals surface area contributed by atoms with E-state index in [2.05, 4.69) is 0 Å². The Labute approximate surface area is 148 Å². The molecule has 0 aromatic heterocycles. The summed E-state index contributed by atoms with van der Waals surface area (Å²) in [6, 6.07) is 14.4. The Morgan fingerprint density at radius 1 is 0.840 bits per heavy atom. The van der Waals surface area contributed by atoms with Crippen molar-refractivity contribution in [3.05, 3.63) is 59.7 Å². The number of hydrogen-bond donors (Lipinski definition) is 1. The van der Waals surface area contributed by atoms with Crippen LogP contribution in [0, 0.1) is 0 Å². The minimum atomic E-state index is -0.972. The highest BCUT2D eigenvalue weighted by Crippen LogP contribution is 2.23. The number of aliphatic carboxylic acids is 1. The summed E-state index contributed by atoms with van der Waals surface area (Å²) in [5.74, 6) is 0.512. The smallest absolute Gasteiger partial charge is 0.336 e. The van der Waals surface area contributed by atoms with Gasteiger partial charge in [-0.15, -0.1) is 0 Å². The molecular weight excluding hydrogens is 316 g/mol. The summed E-state index contributed by atoms with van der Waals surface area (Å²) in [4.78, 5) is 11.7. The molecular formula is C21H24O4. The normalized spacial score (nSPS) is 11.7. The molecule has 4 heteroatoms. The minimum Gasteiger partial charge on any atom is -0.491 e. The van der Waals surface area contributed by atoms with E-state index in [1.54, 1.807) is 30.3 Å². The van der Waals surface area contributed by atoms with Gasteiger partial charge in [-0.25, -0.2) is 4.79 Å². The van der Waals surface area contributed by atoms with Crippen LogP contribution in [-0.2, 0) is 4.79 Å². The average molecular weight is 340 g/mol. The van der Waals surface area contributed by atoms with Crippen molar-refractivity contribution >= 4 is 17.6 Å². The Bertz CT molecular complexity index is 725. The van der Waals surface area contributed by atoms with Gasteiger partial charge in [-0.2, -0.15) is 0 Å². The van der Waals surface area contributed by atoms with Gasteiger partial charge in [-0.3, -0.25) is 0 Å². The molecule has 0 saturated heterocycles. The van der Waals surface area contributed by atoms with Crippen LogP contribution < -0.4 is 9.47 Å². The summed E-state index contributed by atoms with van der Waals surface area (Å²) < 4.78 is 11.2. The molecule has 2 aromatic rings. The quantitative estimate of drug-likeness (QED) is 0.576. The van der Waals surface area contributed by atoms with E-state index in [9.17, 15) is 9.90 Å². The molecule has 1 N–H and O–H groups in total. The number of carboxylic acid groups (broad SMARTS) is 1. The lowest BCUT2D eigenvalue weighted by Crippen LogP contribution is -2.06. The average Bonchev–Trinajstić information content (AvgIpc) is 2.54. The zero-order valence-corrected chi connectivity index (χ0v) is 15.0. The third-order valence-corrected chi connectivity index (χ3v) is 3.33. The second-order valence-corrected chi connectivity index (χ2v) is 6.29. The van der Waals surface area contributed by atoms with Crippen LogP contribution in [0.1, 0.15) is 38.8 Å². The van der Waals surface area contributed by atoms with Crippen LogP contribution in [0.2, 0.25) is 0 Å². The van der Waals surface area contributed by atoms with Crippen molar-refractivity contribution in [1.82, 2.24) is 0 Å². The molecule has 0 aliphatic heterocycles. The largest absolute Gasteiger partial charge is 0.491 e. The molecule has 2 rings (SSSR count). The maximum absolute atomic E-state index is 11.7. The topological polar surface area (TPSA) is 55.8 Å². The first-order valence-corrected chi connectivity index (χ1v) is 8.34. The van der Waals surface area contributed by atoms with Crippen molar-refractivity contribution in [3.63, 3.8) is 0 Å². The second-order valence-electron chi connectivity index (χ2n) is 6.29. The molecule has 0 saturated carbocycles. The third-order valence-electron chi connectivity index (χ3n) is 3.33. The summed E-state index contributed by atoms with van der Waals surface area (Å²) in [7, 11) is 0. The summed E-state index contributed by atoms with van der Waals surface area (Å²) in [6.07, 6.45) is 1.83. The molecule has 0 fully saturated rings. The first kappa shape index (κ1) is 18.6. The van der Waals surface area contributed by atoms with E-state index in [0.29, 0.717) is 5.56 Å². The Morgan fingerprint density at radius 2 is 1.28 bits per heavy atom. The summed E-state index contributed by atoms with van der Waals surface area (Å²) >= 11 is 0. The molecule has 0 bridgehead atoms. The van der Waals surface area contributed by atoms with Crippen molar-refractivity contribution in [2.45, 2.75) is 39.9 Å². The van der Waals surface area contributed by atoms with Crippen molar-refractivity contribution in [1.29, 1.82) is 0 Å². The Balaban J connectivity index is 2.25. The minimum absolute atomic E-state index is 0.0758. The molecule has 2 aromatic carbocycles. The van der Waals surface area contributed by atoms with E-state index >= 15 is 0 Å². The summed E-state index contributed by atoms with van der Waals surface area (Å²) in [6.45, 7) is 7.82. The summed E-state index contributed by atoms with van der Waals surface area (Å²) in [5, 5.41) is 9.55. The van der Waals surface area contributed by atoms with Gasteiger partial charge in [-0.1, -0.05) is 24.3 Å². The zero-order valence-electron chi connectivity index (χ0n) is 15.0. The van der Waals surface area contributed by atoms with Gasteiger partial charge in [0.2, 0.25) is 0 Å². The maximum atomic E-state index is 11.7. The molecule has 0 aliphatic carbocycles. The number of ether oxygens (including phenoxy) is 2. The lowest BCUT2D eigenvalue weighted by molar-refractivity contribution is -0.130. The fourth-order valence-corrected chi connectivity index (χ4v) is 2.34. The van der Waals surface area contributed by atoms with Crippen molar-refractivity contribution in [2.75, 3.05) is 0 Å². The van der Waals surface area contributed by atoms with Crippen LogP contribution in [-0.4, -0.2) is 23.3 Å². The van der Waals surface area contributed by atoms with Crippen molar-refractivity contribution in [3.8, 4) is 11.5 Å². The lowest BCUT2D eigenvalue weighted by Gasteiger charge is -2.11. The van der Waals surface area contributed by atoms with E-state index in [-0.39, 0.29) is 17.8 Å². The van der Waals surface area contributed by atoms with E-state index in [4.69, 9.17) is 9.47 Å². The molecule has 4 nitrogen and oxygen atoms in total. The highest BCUT2D eigenvalue weighted by molar-refractivity contribution is 6.20. The van der Waals surface area contributed by atoms with Gasteiger partial charge in [0.25, 0.3) is 0 Å². The van der Waals surface area contributed by atoms with Gasteiger partial charge in [0.15, 0.2) is 0 Å². The highest BCUT2D eigenvalue weighted by Gasteiger charge is 2.11. The van der Waals surface area contributed by atoms with E-state index in [1.807, 2.05) is 52.0 Å². The van der Waals surface area contributed by atoms with Crippen LogP contribution in [0.25, 0.3) is 11.6 Å². The van der Waals surface area contributed by atoms with Gasteiger partial charge in [0.1, 0.15) is 11.5 Å². The number of rotatable bonds is 7. The second kappa shape index (κ2) is 8.38. The Hall–Kier alpha value is -2.75. The maximum Gasteiger partial charge on any atom is 0.336 e. The summed E-state index contributed by atoms with van der Waals surface area (Å²) in [5.41, 5.74) is 1.66. The molecule has 0 radical (unpaired) electrons. The zero-order chi connectivity index (χ0) is 18.4. The number of hydrogen-bond acceptors (Lipinski definition) is 3. The first-order valence-electron chi connectivity index (χ1n) is 8.34. The Kier molecular flexibility index (Phi) is 6.23. The fourth-order valence-electron chi connectivity index (χ4n) is 2.34. The molecule has 0 aliphatic rings. The standard InChI is InChI=1S/C21H24O4/c1-14(2)24-18-9-5-16(6-10-18)13-20(21(22)23)17-7-11-19(12-8-17)25-15(3)4/h5-15H,1-4H3,(H,22,23)/b20-13+. The van der Waals surface area contributed by atoms with Crippen LogP contribution in [0.5, 0.6) is 11.5 Å². The number of carboxylic acids is 1. The third kappa shape index (κ3) is 5.68. The molecule has 25 heavy (non-hydrogen) atoms. The SMILES string of the molecule is CC(C)Oc1ccc(/C=C(/C(=O)O)c2ccc(OC(C)C)cc2)cc1. The number of carbonyl (C=O) groups is 1. The van der Waals surface area contributed by atoms with Crippen LogP contribution in [0.4, 0.5) is 0 Å². The lowest BCUT2D eigenvalue weighted by atomic mass is 10.0. The van der Waals surface area contributed by atoms with Crippen molar-refractivity contribution < 1.29 is 19.4 Å². The van der Waals surface area contributed by atoms with E-state index in [1.165, 1.54) is 0 Å². The highest BCUT2D eigenvalue weighted by atomic mass is 16.5. The van der Waals surface area contributed by atoms with Crippen molar-refractivity contribution in [2.24, 2.45) is 0 Å². The van der Waals surface area contributed by atoms with E-state index in [0.717, 1.165) is 17.1 Å². The number of benzene rings is 2. The first-order chi connectivity index (χ1) is 11.8. The molecule has 132 valence electrons. The van der Waals surface area contributed by atoms with Gasteiger partial charge in [0.05, 0.1) is 17.8 Å². The predicted octanol–water partition coefficient (Wildman–Crippen LogP) is 4.89. The van der Waals surface area contributed by atoms with Gasteiger partial charge < -0.3 is 14.6 Å². The van der Waals surface area contributed by atoms with Crippen LogP contribution in [0.3, 0.4) is 0 Å².